The van der Waals surface area contributed by atoms with Gasteiger partial charge in [0.25, 0.3) is 0 Å². The second-order valence-corrected chi connectivity index (χ2v) is 3.44. The molecule has 2 aromatic heterocycles. The van der Waals surface area contributed by atoms with E-state index in [1.165, 1.54) is 0 Å². The normalized spacial score (nSPS) is 10.9. The summed E-state index contributed by atoms with van der Waals surface area (Å²) in [7, 11) is 1.98. The summed E-state index contributed by atoms with van der Waals surface area (Å²) < 4.78 is 2.87. The largest absolute Gasteiger partial charge is 0.329 e. The molecule has 0 saturated heterocycles. The Bertz CT molecular complexity index is 433. The first-order valence-corrected chi connectivity index (χ1v) is 4.43. The van der Waals surface area contributed by atoms with E-state index in [1.54, 1.807) is 6.20 Å². The van der Waals surface area contributed by atoms with Gasteiger partial charge in [0.1, 0.15) is 15.9 Å². The maximum absolute atomic E-state index is 4.37. The molecule has 3 nitrogen and oxygen atoms in total. The fraction of sp³-hybridized carbons (Fsp3) is 0.250. The molecule has 0 fully saturated rings. The van der Waals surface area contributed by atoms with Crippen LogP contribution in [0.5, 0.6) is 0 Å². The van der Waals surface area contributed by atoms with E-state index in [4.69, 9.17) is 0 Å². The molecule has 0 N–H and O–H groups in total. The maximum Gasteiger partial charge on any atom is 0.131 e. The summed E-state index contributed by atoms with van der Waals surface area (Å²) in [5.74, 6) is 0.999. The van der Waals surface area contributed by atoms with Gasteiger partial charge < -0.3 is 4.57 Å². The Balaban J connectivity index is 2.97. The van der Waals surface area contributed by atoms with Gasteiger partial charge in [0.2, 0.25) is 0 Å². The van der Waals surface area contributed by atoms with Gasteiger partial charge in [-0.05, 0) is 28.9 Å². The van der Waals surface area contributed by atoms with Gasteiger partial charge in [-0.3, -0.25) is 0 Å². The number of nitrogens with zero attached hydrogens (tertiary/aromatic N) is 3. The molecule has 0 bridgehead atoms. The van der Waals surface area contributed by atoms with Gasteiger partial charge in [-0.1, -0.05) is 0 Å². The van der Waals surface area contributed by atoms with Crippen LogP contribution in [0, 0.1) is 6.92 Å². The fourth-order valence-corrected chi connectivity index (χ4v) is 1.82. The van der Waals surface area contributed by atoms with Crippen LogP contribution in [-0.4, -0.2) is 14.5 Å². The van der Waals surface area contributed by atoms with Crippen molar-refractivity contribution in [1.29, 1.82) is 0 Å². The van der Waals surface area contributed by atoms with Crippen molar-refractivity contribution in [3.05, 3.63) is 22.7 Å². The van der Waals surface area contributed by atoms with Crippen molar-refractivity contribution < 1.29 is 0 Å². The average molecular weight is 226 g/mol. The third kappa shape index (κ3) is 0.948. The zero-order valence-electron chi connectivity index (χ0n) is 6.87. The average Bonchev–Trinajstić information content (AvgIpc) is 2.29. The molecule has 0 aromatic carbocycles. The number of fused-ring (bicyclic) bond motifs is 1. The van der Waals surface area contributed by atoms with E-state index in [2.05, 4.69) is 25.9 Å². The van der Waals surface area contributed by atoms with E-state index in [0.717, 1.165) is 21.5 Å². The van der Waals surface area contributed by atoms with Crippen molar-refractivity contribution in [1.82, 2.24) is 14.5 Å². The van der Waals surface area contributed by atoms with Crippen LogP contribution in [0.1, 0.15) is 5.82 Å². The summed E-state index contributed by atoms with van der Waals surface area (Å²) in [5, 5.41) is 0. The molecular weight excluding hydrogens is 218 g/mol. The summed E-state index contributed by atoms with van der Waals surface area (Å²) in [6, 6.07) is 1.91. The molecule has 0 saturated carbocycles. The SMILES string of the molecule is Cc1nc2ccnc(Br)c2n1C. The minimum atomic E-state index is 0.850. The molecule has 0 radical (unpaired) electrons. The monoisotopic (exact) mass is 225 g/mol. The Hall–Kier alpha value is -0.900. The molecule has 12 heavy (non-hydrogen) atoms. The summed E-state index contributed by atoms with van der Waals surface area (Å²) >= 11 is 3.39. The van der Waals surface area contributed by atoms with Crippen LogP contribution in [0.25, 0.3) is 11.0 Å². The second kappa shape index (κ2) is 2.55. The van der Waals surface area contributed by atoms with E-state index < -0.39 is 0 Å². The standard InChI is InChI=1S/C8H8BrN3/c1-5-11-6-3-4-10-8(9)7(6)12(5)2/h3-4H,1-2H3. The van der Waals surface area contributed by atoms with Crippen molar-refractivity contribution in [3.8, 4) is 0 Å². The third-order valence-corrected chi connectivity index (χ3v) is 2.54. The second-order valence-electron chi connectivity index (χ2n) is 2.69. The van der Waals surface area contributed by atoms with Gasteiger partial charge in [0.15, 0.2) is 0 Å². The number of hydrogen-bond acceptors (Lipinski definition) is 2. The molecule has 4 heteroatoms. The summed E-state index contributed by atoms with van der Waals surface area (Å²) in [6.07, 6.45) is 1.75. The highest BCUT2D eigenvalue weighted by atomic mass is 79.9. The van der Waals surface area contributed by atoms with Crippen molar-refractivity contribution in [3.63, 3.8) is 0 Å². The smallest absolute Gasteiger partial charge is 0.131 e. The molecule has 0 aliphatic heterocycles. The molecule has 62 valence electrons. The molecule has 0 aliphatic rings. The minimum absolute atomic E-state index is 0.850. The van der Waals surface area contributed by atoms with Crippen molar-refractivity contribution >= 4 is 27.0 Å². The van der Waals surface area contributed by atoms with E-state index in [-0.39, 0.29) is 0 Å². The first-order valence-electron chi connectivity index (χ1n) is 3.63. The van der Waals surface area contributed by atoms with Crippen LogP contribution >= 0.6 is 15.9 Å². The molecule has 0 amide bonds. The zero-order valence-corrected chi connectivity index (χ0v) is 8.46. The number of halogens is 1. The lowest BCUT2D eigenvalue weighted by atomic mass is 10.4. The lowest BCUT2D eigenvalue weighted by Crippen LogP contribution is -1.91. The third-order valence-electron chi connectivity index (χ3n) is 1.96. The molecule has 0 atom stereocenters. The number of rotatable bonds is 0. The van der Waals surface area contributed by atoms with Crippen LogP contribution in [0.2, 0.25) is 0 Å². The van der Waals surface area contributed by atoms with Crippen LogP contribution in [0.3, 0.4) is 0 Å². The number of aromatic nitrogens is 3. The van der Waals surface area contributed by atoms with Crippen molar-refractivity contribution in [2.75, 3.05) is 0 Å². The Morgan fingerprint density at radius 1 is 1.50 bits per heavy atom. The first-order chi connectivity index (χ1) is 5.70. The number of aryl methyl sites for hydroxylation is 2. The minimum Gasteiger partial charge on any atom is -0.329 e. The van der Waals surface area contributed by atoms with Gasteiger partial charge in [-0.2, -0.15) is 0 Å². The van der Waals surface area contributed by atoms with Crippen LogP contribution < -0.4 is 0 Å². The Labute approximate surface area is 78.6 Å². The van der Waals surface area contributed by atoms with Gasteiger partial charge in [0.05, 0.1) is 5.52 Å². The fourth-order valence-electron chi connectivity index (χ4n) is 1.23. The van der Waals surface area contributed by atoms with E-state index in [1.807, 2.05) is 24.6 Å². The van der Waals surface area contributed by atoms with E-state index in [0.29, 0.717) is 0 Å². The number of hydrogen-bond donors (Lipinski definition) is 0. The summed E-state index contributed by atoms with van der Waals surface area (Å²) in [6.45, 7) is 1.98. The Morgan fingerprint density at radius 3 is 2.92 bits per heavy atom. The van der Waals surface area contributed by atoms with Gasteiger partial charge in [-0.15, -0.1) is 0 Å². The van der Waals surface area contributed by atoms with Gasteiger partial charge in [0, 0.05) is 13.2 Å². The highest BCUT2D eigenvalue weighted by Crippen LogP contribution is 2.20. The Kier molecular flexibility index (Phi) is 1.65. The highest BCUT2D eigenvalue weighted by Gasteiger charge is 2.06. The predicted molar refractivity (Wildman–Crippen MR) is 50.9 cm³/mol. The van der Waals surface area contributed by atoms with Crippen LogP contribution in [0.4, 0.5) is 0 Å². The number of pyridine rings is 1. The Morgan fingerprint density at radius 2 is 2.25 bits per heavy atom. The highest BCUT2D eigenvalue weighted by molar-refractivity contribution is 9.10. The predicted octanol–water partition coefficient (Wildman–Crippen LogP) is 2.04. The van der Waals surface area contributed by atoms with E-state index in [9.17, 15) is 0 Å². The molecule has 2 aromatic rings. The topological polar surface area (TPSA) is 30.7 Å². The van der Waals surface area contributed by atoms with Crippen molar-refractivity contribution in [2.45, 2.75) is 6.92 Å². The lowest BCUT2D eigenvalue weighted by molar-refractivity contribution is 0.882. The summed E-state index contributed by atoms with van der Waals surface area (Å²) in [4.78, 5) is 8.50. The molecule has 0 aliphatic carbocycles. The quantitative estimate of drug-likeness (QED) is 0.643. The maximum atomic E-state index is 4.37. The zero-order chi connectivity index (χ0) is 8.72. The molecule has 0 spiro atoms. The summed E-state index contributed by atoms with van der Waals surface area (Å²) in [5.41, 5.74) is 2.03. The first kappa shape index (κ1) is 7.73. The number of imidazole rings is 1. The van der Waals surface area contributed by atoms with Crippen LogP contribution in [-0.2, 0) is 7.05 Å². The van der Waals surface area contributed by atoms with Crippen molar-refractivity contribution in [2.24, 2.45) is 7.05 Å². The molecule has 2 heterocycles. The van der Waals surface area contributed by atoms with E-state index >= 15 is 0 Å². The molecular formula is C8H8BrN3. The lowest BCUT2D eigenvalue weighted by Gasteiger charge is -1.96. The van der Waals surface area contributed by atoms with Crippen LogP contribution in [0.15, 0.2) is 16.9 Å². The molecule has 0 unspecified atom stereocenters. The van der Waals surface area contributed by atoms with Gasteiger partial charge >= 0.3 is 0 Å². The van der Waals surface area contributed by atoms with Gasteiger partial charge in [-0.25, -0.2) is 9.97 Å². The molecule has 2 rings (SSSR count).